The summed E-state index contributed by atoms with van der Waals surface area (Å²) >= 11 is 0. The Morgan fingerprint density at radius 1 is 1.22 bits per heavy atom. The van der Waals surface area contributed by atoms with Crippen molar-refractivity contribution in [3.8, 4) is 0 Å². The largest absolute Gasteiger partial charge is 0.380 e. The summed E-state index contributed by atoms with van der Waals surface area (Å²) in [6.45, 7) is 9.95. The van der Waals surface area contributed by atoms with Crippen LogP contribution >= 0.6 is 0 Å². The number of nitrogens with one attached hydrogen (secondary N) is 1. The van der Waals surface area contributed by atoms with Gasteiger partial charge in [-0.1, -0.05) is 13.8 Å². The van der Waals surface area contributed by atoms with E-state index in [0.29, 0.717) is 0 Å². The van der Waals surface area contributed by atoms with Gasteiger partial charge in [0, 0.05) is 25.2 Å². The van der Waals surface area contributed by atoms with Gasteiger partial charge in [-0.05, 0) is 51.1 Å². The second kappa shape index (κ2) is 7.46. The van der Waals surface area contributed by atoms with Gasteiger partial charge in [-0.25, -0.2) is 0 Å². The van der Waals surface area contributed by atoms with E-state index in [-0.39, 0.29) is 0 Å². The SMILES string of the molecule is CC(C)CCOCCN[C@@H]1CCN2CCC[C@H]2C1. The molecule has 0 spiro atoms. The zero-order valence-electron chi connectivity index (χ0n) is 12.2. The highest BCUT2D eigenvalue weighted by Crippen LogP contribution is 2.26. The number of hydrogen-bond donors (Lipinski definition) is 1. The van der Waals surface area contributed by atoms with Crippen molar-refractivity contribution < 1.29 is 4.74 Å². The molecule has 2 heterocycles. The molecule has 0 bridgehead atoms. The van der Waals surface area contributed by atoms with Crippen LogP contribution in [0.4, 0.5) is 0 Å². The number of hydrogen-bond acceptors (Lipinski definition) is 3. The Morgan fingerprint density at radius 3 is 2.94 bits per heavy atom. The second-order valence-corrected chi connectivity index (χ2v) is 6.30. The van der Waals surface area contributed by atoms with E-state index >= 15 is 0 Å². The summed E-state index contributed by atoms with van der Waals surface area (Å²) in [6.07, 6.45) is 6.69. The maximum atomic E-state index is 5.65. The van der Waals surface area contributed by atoms with Crippen molar-refractivity contribution in [2.45, 2.75) is 58.0 Å². The van der Waals surface area contributed by atoms with Gasteiger partial charge in [0.05, 0.1) is 6.61 Å². The van der Waals surface area contributed by atoms with Crippen molar-refractivity contribution in [1.29, 1.82) is 0 Å². The highest BCUT2D eigenvalue weighted by Gasteiger charge is 2.31. The molecule has 0 radical (unpaired) electrons. The van der Waals surface area contributed by atoms with Crippen molar-refractivity contribution in [3.05, 3.63) is 0 Å². The molecular weight excluding hydrogens is 224 g/mol. The van der Waals surface area contributed by atoms with Crippen molar-refractivity contribution in [2.24, 2.45) is 5.92 Å². The van der Waals surface area contributed by atoms with Crippen molar-refractivity contribution >= 4 is 0 Å². The predicted octanol–water partition coefficient (Wildman–Crippen LogP) is 2.27. The van der Waals surface area contributed by atoms with Crippen molar-refractivity contribution in [2.75, 3.05) is 32.8 Å². The van der Waals surface area contributed by atoms with Gasteiger partial charge in [0.2, 0.25) is 0 Å². The summed E-state index contributed by atoms with van der Waals surface area (Å²) in [5, 5.41) is 3.67. The Morgan fingerprint density at radius 2 is 2.11 bits per heavy atom. The number of fused-ring (bicyclic) bond motifs is 1. The van der Waals surface area contributed by atoms with Gasteiger partial charge in [0.25, 0.3) is 0 Å². The third-order valence-corrected chi connectivity index (χ3v) is 4.34. The molecule has 18 heavy (non-hydrogen) atoms. The molecule has 0 aliphatic carbocycles. The van der Waals surface area contributed by atoms with Crippen LogP contribution < -0.4 is 5.32 Å². The second-order valence-electron chi connectivity index (χ2n) is 6.30. The van der Waals surface area contributed by atoms with Gasteiger partial charge in [-0.3, -0.25) is 0 Å². The number of nitrogens with zero attached hydrogens (tertiary/aromatic N) is 1. The van der Waals surface area contributed by atoms with Gasteiger partial charge in [-0.15, -0.1) is 0 Å². The summed E-state index contributed by atoms with van der Waals surface area (Å²) in [5.41, 5.74) is 0. The minimum Gasteiger partial charge on any atom is -0.380 e. The normalized spacial score (nSPS) is 28.8. The molecule has 2 aliphatic heterocycles. The van der Waals surface area contributed by atoms with Gasteiger partial charge < -0.3 is 15.0 Å². The van der Waals surface area contributed by atoms with Gasteiger partial charge in [0.15, 0.2) is 0 Å². The Labute approximate surface area is 112 Å². The lowest BCUT2D eigenvalue weighted by atomic mass is 9.98. The third-order valence-electron chi connectivity index (χ3n) is 4.34. The minimum atomic E-state index is 0.734. The first-order chi connectivity index (χ1) is 8.75. The molecule has 3 nitrogen and oxygen atoms in total. The number of piperidine rings is 1. The zero-order chi connectivity index (χ0) is 12.8. The smallest absolute Gasteiger partial charge is 0.0591 e. The summed E-state index contributed by atoms with van der Waals surface area (Å²) in [4.78, 5) is 2.68. The molecule has 1 N–H and O–H groups in total. The summed E-state index contributed by atoms with van der Waals surface area (Å²) in [7, 11) is 0. The predicted molar refractivity (Wildman–Crippen MR) is 75.9 cm³/mol. The molecular formula is C15H30N2O. The lowest BCUT2D eigenvalue weighted by Crippen LogP contribution is -2.46. The van der Waals surface area contributed by atoms with E-state index in [0.717, 1.165) is 37.8 Å². The van der Waals surface area contributed by atoms with Gasteiger partial charge >= 0.3 is 0 Å². The van der Waals surface area contributed by atoms with Gasteiger partial charge in [0.1, 0.15) is 0 Å². The lowest BCUT2D eigenvalue weighted by Gasteiger charge is -2.35. The molecule has 3 heteroatoms. The summed E-state index contributed by atoms with van der Waals surface area (Å²) < 4.78 is 5.65. The quantitative estimate of drug-likeness (QED) is 0.705. The van der Waals surface area contributed by atoms with Crippen LogP contribution in [0.25, 0.3) is 0 Å². The van der Waals surface area contributed by atoms with Crippen LogP contribution in [0.5, 0.6) is 0 Å². The molecule has 2 fully saturated rings. The fourth-order valence-corrected chi connectivity index (χ4v) is 3.17. The summed E-state index contributed by atoms with van der Waals surface area (Å²) in [5.74, 6) is 0.754. The minimum absolute atomic E-state index is 0.734. The van der Waals surface area contributed by atoms with E-state index < -0.39 is 0 Å². The Balaban J connectivity index is 1.49. The molecule has 0 aromatic rings. The van der Waals surface area contributed by atoms with Crippen LogP contribution in [-0.2, 0) is 4.74 Å². The molecule has 0 amide bonds. The Bertz CT molecular complexity index is 233. The molecule has 2 saturated heterocycles. The molecule has 0 aromatic carbocycles. The van der Waals surface area contributed by atoms with E-state index in [1.54, 1.807) is 0 Å². The van der Waals surface area contributed by atoms with Gasteiger partial charge in [-0.2, -0.15) is 0 Å². The van der Waals surface area contributed by atoms with Crippen LogP contribution in [0, 0.1) is 5.92 Å². The molecule has 0 saturated carbocycles. The first-order valence-corrected chi connectivity index (χ1v) is 7.81. The van der Waals surface area contributed by atoms with Crippen LogP contribution in [0.1, 0.15) is 46.0 Å². The maximum absolute atomic E-state index is 5.65. The van der Waals surface area contributed by atoms with E-state index in [1.165, 1.54) is 45.2 Å². The van der Waals surface area contributed by atoms with Crippen LogP contribution in [0.15, 0.2) is 0 Å². The monoisotopic (exact) mass is 254 g/mol. The third kappa shape index (κ3) is 4.52. The zero-order valence-corrected chi connectivity index (χ0v) is 12.2. The standard InChI is InChI=1S/C15H30N2O/c1-13(2)6-10-18-11-7-16-14-5-9-17-8-3-4-15(17)12-14/h13-16H,3-12H2,1-2H3/t14-,15+/m1/s1. The Hall–Kier alpha value is -0.120. The number of ether oxygens (including phenoxy) is 1. The molecule has 106 valence electrons. The first-order valence-electron chi connectivity index (χ1n) is 7.81. The number of rotatable bonds is 7. The van der Waals surface area contributed by atoms with E-state index in [4.69, 9.17) is 4.74 Å². The average molecular weight is 254 g/mol. The highest BCUT2D eigenvalue weighted by atomic mass is 16.5. The van der Waals surface area contributed by atoms with Crippen molar-refractivity contribution in [1.82, 2.24) is 10.2 Å². The van der Waals surface area contributed by atoms with Crippen molar-refractivity contribution in [3.63, 3.8) is 0 Å². The fourth-order valence-electron chi connectivity index (χ4n) is 3.17. The fraction of sp³-hybridized carbons (Fsp3) is 1.00. The molecule has 2 aliphatic rings. The maximum Gasteiger partial charge on any atom is 0.0591 e. The Kier molecular flexibility index (Phi) is 5.93. The van der Waals surface area contributed by atoms with E-state index in [2.05, 4.69) is 24.1 Å². The topological polar surface area (TPSA) is 24.5 Å². The van der Waals surface area contributed by atoms with E-state index in [1.807, 2.05) is 0 Å². The molecule has 2 rings (SSSR count). The summed E-state index contributed by atoms with van der Waals surface area (Å²) in [6, 6.07) is 1.61. The van der Waals surface area contributed by atoms with E-state index in [9.17, 15) is 0 Å². The average Bonchev–Trinajstić information content (AvgIpc) is 2.80. The van der Waals surface area contributed by atoms with Crippen LogP contribution in [-0.4, -0.2) is 49.8 Å². The highest BCUT2D eigenvalue weighted by molar-refractivity contribution is 4.89. The molecule has 2 atom stereocenters. The molecule has 0 unspecified atom stereocenters. The first kappa shape index (κ1) is 14.3. The van der Waals surface area contributed by atoms with Crippen LogP contribution in [0.3, 0.4) is 0 Å². The lowest BCUT2D eigenvalue weighted by molar-refractivity contribution is 0.115. The van der Waals surface area contributed by atoms with Crippen LogP contribution in [0.2, 0.25) is 0 Å². The molecule has 0 aromatic heterocycles.